The van der Waals surface area contributed by atoms with Crippen LogP contribution in [0.25, 0.3) is 10.6 Å². The zero-order valence-corrected chi connectivity index (χ0v) is 9.21. The molecule has 0 fully saturated rings. The van der Waals surface area contributed by atoms with Gasteiger partial charge in [0.05, 0.1) is 12.0 Å². The van der Waals surface area contributed by atoms with Gasteiger partial charge in [-0.25, -0.2) is 4.79 Å². The van der Waals surface area contributed by atoms with Gasteiger partial charge in [-0.3, -0.25) is 0 Å². The second kappa shape index (κ2) is 4.21. The molecule has 0 bridgehead atoms. The van der Waals surface area contributed by atoms with Crippen molar-refractivity contribution in [3.63, 3.8) is 0 Å². The molecule has 0 aliphatic carbocycles. The number of nitriles is 1. The lowest BCUT2D eigenvalue weighted by molar-refractivity contribution is 0.0606. The summed E-state index contributed by atoms with van der Waals surface area (Å²) in [5.74, 6) is 0.461. The van der Waals surface area contributed by atoms with E-state index < -0.39 is 0 Å². The van der Waals surface area contributed by atoms with Crippen LogP contribution in [0.5, 0.6) is 0 Å². The minimum Gasteiger partial charge on any atom is -0.465 e. The molecule has 2 aromatic heterocycles. The molecule has 5 heteroatoms. The summed E-state index contributed by atoms with van der Waals surface area (Å²) >= 11 is 1.26. The van der Waals surface area contributed by atoms with E-state index in [4.69, 9.17) is 9.68 Å². The average Bonchev–Trinajstić information content (AvgIpc) is 2.95. The largest absolute Gasteiger partial charge is 0.465 e. The lowest BCUT2D eigenvalue weighted by Crippen LogP contribution is -1.96. The first-order valence-electron chi connectivity index (χ1n) is 4.43. The Kier molecular flexibility index (Phi) is 2.75. The minimum absolute atomic E-state index is 0.253. The average molecular weight is 233 g/mol. The number of esters is 1. The summed E-state index contributed by atoms with van der Waals surface area (Å²) in [6.45, 7) is 0. The summed E-state index contributed by atoms with van der Waals surface area (Å²) < 4.78 is 9.84. The van der Waals surface area contributed by atoms with Crippen molar-refractivity contribution >= 4 is 17.3 Å². The fourth-order valence-corrected chi connectivity index (χ4v) is 2.10. The summed E-state index contributed by atoms with van der Waals surface area (Å²) in [7, 11) is 1.34. The maximum Gasteiger partial charge on any atom is 0.348 e. The van der Waals surface area contributed by atoms with E-state index in [-0.39, 0.29) is 11.7 Å². The Labute approximate surface area is 95.7 Å². The number of carbonyl (C=O) groups excluding carboxylic acids is 1. The molecule has 80 valence electrons. The molecule has 0 aliphatic heterocycles. The molecule has 2 rings (SSSR count). The molecule has 2 aromatic rings. The van der Waals surface area contributed by atoms with Crippen LogP contribution >= 0.6 is 11.3 Å². The van der Waals surface area contributed by atoms with E-state index >= 15 is 0 Å². The van der Waals surface area contributed by atoms with Crippen LogP contribution in [0.2, 0.25) is 0 Å². The fraction of sp³-hybridized carbons (Fsp3) is 0.0909. The van der Waals surface area contributed by atoms with Crippen molar-refractivity contribution in [2.75, 3.05) is 7.11 Å². The van der Waals surface area contributed by atoms with E-state index in [0.29, 0.717) is 10.6 Å². The van der Waals surface area contributed by atoms with E-state index in [9.17, 15) is 4.79 Å². The first-order chi connectivity index (χ1) is 7.74. The highest BCUT2D eigenvalue weighted by molar-refractivity contribution is 7.17. The number of nitrogens with zero attached hydrogens (tertiary/aromatic N) is 1. The monoisotopic (exact) mass is 233 g/mol. The van der Waals surface area contributed by atoms with Crippen molar-refractivity contribution < 1.29 is 13.9 Å². The van der Waals surface area contributed by atoms with Crippen molar-refractivity contribution in [2.45, 2.75) is 0 Å². The molecular formula is C11H7NO3S. The van der Waals surface area contributed by atoms with Gasteiger partial charge in [-0.15, -0.1) is 11.3 Å². The zero-order chi connectivity index (χ0) is 11.5. The number of thiophene rings is 1. The van der Waals surface area contributed by atoms with E-state index in [1.807, 2.05) is 6.07 Å². The molecule has 0 saturated heterocycles. The van der Waals surface area contributed by atoms with Gasteiger partial charge in [0.25, 0.3) is 0 Å². The summed E-state index contributed by atoms with van der Waals surface area (Å²) in [6.07, 6.45) is 0. The Hall–Kier alpha value is -2.06. The van der Waals surface area contributed by atoms with Crippen LogP contribution in [0.1, 0.15) is 15.4 Å². The SMILES string of the molecule is COC(=O)c1ccc(-c2ccc(C#N)o2)s1. The summed E-state index contributed by atoms with van der Waals surface area (Å²) in [5.41, 5.74) is 0. The third kappa shape index (κ3) is 1.83. The van der Waals surface area contributed by atoms with Gasteiger partial charge < -0.3 is 9.15 Å². The second-order valence-corrected chi connectivity index (χ2v) is 4.01. The number of rotatable bonds is 2. The Balaban J connectivity index is 2.32. The van der Waals surface area contributed by atoms with Crippen LogP contribution in [0.4, 0.5) is 0 Å². The number of hydrogen-bond acceptors (Lipinski definition) is 5. The molecule has 2 heterocycles. The maximum absolute atomic E-state index is 11.2. The van der Waals surface area contributed by atoms with Gasteiger partial charge in [0.2, 0.25) is 5.76 Å². The third-order valence-corrected chi connectivity index (χ3v) is 3.03. The molecule has 0 aliphatic rings. The molecule has 0 atom stereocenters. The van der Waals surface area contributed by atoms with Crippen LogP contribution in [0.3, 0.4) is 0 Å². The lowest BCUT2D eigenvalue weighted by atomic mass is 10.3. The summed E-state index contributed by atoms with van der Waals surface area (Å²) in [4.78, 5) is 12.5. The second-order valence-electron chi connectivity index (χ2n) is 2.93. The van der Waals surface area contributed by atoms with E-state index in [0.717, 1.165) is 4.88 Å². The predicted molar refractivity (Wildman–Crippen MR) is 58.1 cm³/mol. The molecule has 0 N–H and O–H groups in total. The van der Waals surface area contributed by atoms with Crippen molar-refractivity contribution in [3.05, 3.63) is 34.9 Å². The van der Waals surface area contributed by atoms with Gasteiger partial charge in [0, 0.05) is 0 Å². The highest BCUT2D eigenvalue weighted by Crippen LogP contribution is 2.29. The van der Waals surface area contributed by atoms with E-state index in [1.54, 1.807) is 24.3 Å². The van der Waals surface area contributed by atoms with Crippen molar-refractivity contribution in [1.29, 1.82) is 5.26 Å². The molecule has 0 unspecified atom stereocenters. The van der Waals surface area contributed by atoms with E-state index in [2.05, 4.69) is 4.74 Å². The topological polar surface area (TPSA) is 63.2 Å². The first kappa shape index (κ1) is 10.5. The Bertz CT molecular complexity index is 562. The van der Waals surface area contributed by atoms with Crippen LogP contribution < -0.4 is 0 Å². The normalized spacial score (nSPS) is 9.75. The number of furan rings is 1. The molecule has 0 spiro atoms. The number of carbonyl (C=O) groups is 1. The number of ether oxygens (including phenoxy) is 1. The first-order valence-corrected chi connectivity index (χ1v) is 5.24. The van der Waals surface area contributed by atoms with Gasteiger partial charge in [0.1, 0.15) is 16.7 Å². The highest BCUT2D eigenvalue weighted by atomic mass is 32.1. The van der Waals surface area contributed by atoms with E-state index in [1.165, 1.54) is 18.4 Å². The molecule has 0 amide bonds. The zero-order valence-electron chi connectivity index (χ0n) is 8.39. The quantitative estimate of drug-likeness (QED) is 0.748. The smallest absolute Gasteiger partial charge is 0.348 e. The Morgan fingerprint density at radius 1 is 1.44 bits per heavy atom. The Morgan fingerprint density at radius 3 is 2.88 bits per heavy atom. The molecular weight excluding hydrogens is 226 g/mol. The van der Waals surface area contributed by atoms with Crippen LogP contribution in [0.15, 0.2) is 28.7 Å². The molecule has 0 radical (unpaired) electrons. The standard InChI is InChI=1S/C11H7NO3S/c1-14-11(13)10-5-4-9(16-10)8-3-2-7(6-12)15-8/h2-5H,1H3. The molecule has 16 heavy (non-hydrogen) atoms. The van der Waals surface area contributed by atoms with Crippen molar-refractivity contribution in [3.8, 4) is 16.7 Å². The molecule has 0 saturated carbocycles. The summed E-state index contributed by atoms with van der Waals surface area (Å²) in [6, 6.07) is 8.62. The Morgan fingerprint density at radius 2 is 2.25 bits per heavy atom. The van der Waals surface area contributed by atoms with Gasteiger partial charge in [-0.2, -0.15) is 5.26 Å². The fourth-order valence-electron chi connectivity index (χ4n) is 1.21. The molecule has 4 nitrogen and oxygen atoms in total. The predicted octanol–water partition coefficient (Wildman–Crippen LogP) is 2.67. The van der Waals surface area contributed by atoms with Gasteiger partial charge in [-0.1, -0.05) is 0 Å². The minimum atomic E-state index is -0.372. The lowest BCUT2D eigenvalue weighted by Gasteiger charge is -1.92. The molecule has 0 aromatic carbocycles. The maximum atomic E-state index is 11.2. The van der Waals surface area contributed by atoms with Crippen LogP contribution in [-0.4, -0.2) is 13.1 Å². The van der Waals surface area contributed by atoms with Crippen LogP contribution in [-0.2, 0) is 4.74 Å². The number of methoxy groups -OCH3 is 1. The van der Waals surface area contributed by atoms with Crippen molar-refractivity contribution in [1.82, 2.24) is 0 Å². The van der Waals surface area contributed by atoms with Crippen molar-refractivity contribution in [2.24, 2.45) is 0 Å². The van der Waals surface area contributed by atoms with Crippen LogP contribution in [0, 0.1) is 11.3 Å². The van der Waals surface area contributed by atoms with Gasteiger partial charge in [0.15, 0.2) is 0 Å². The summed E-state index contributed by atoms with van der Waals surface area (Å²) in [5, 5.41) is 8.61. The third-order valence-electron chi connectivity index (χ3n) is 1.95. The number of hydrogen-bond donors (Lipinski definition) is 0. The van der Waals surface area contributed by atoms with Gasteiger partial charge >= 0.3 is 5.97 Å². The highest BCUT2D eigenvalue weighted by Gasteiger charge is 2.12. The van der Waals surface area contributed by atoms with Gasteiger partial charge in [-0.05, 0) is 24.3 Å².